The van der Waals surface area contributed by atoms with Crippen LogP contribution in [0.1, 0.15) is 16.2 Å². The molecule has 31 heavy (non-hydrogen) atoms. The van der Waals surface area contributed by atoms with Gasteiger partial charge in [0, 0.05) is 47.9 Å². The van der Waals surface area contributed by atoms with E-state index in [0.29, 0.717) is 31.7 Å². The summed E-state index contributed by atoms with van der Waals surface area (Å²) in [6.07, 6.45) is -2.68. The van der Waals surface area contributed by atoms with Gasteiger partial charge in [-0.2, -0.15) is 18.2 Å². The van der Waals surface area contributed by atoms with Crippen LogP contribution in [0.5, 0.6) is 0 Å². The summed E-state index contributed by atoms with van der Waals surface area (Å²) < 4.78 is 42.4. The fourth-order valence-electron chi connectivity index (χ4n) is 3.40. The number of alkyl halides is 3. The topological polar surface area (TPSA) is 62.5 Å². The van der Waals surface area contributed by atoms with E-state index in [-0.39, 0.29) is 17.3 Å². The van der Waals surface area contributed by atoms with Gasteiger partial charge < -0.3 is 14.3 Å². The molecule has 0 bridgehead atoms. The Hall–Kier alpha value is -3.01. The number of benzene rings is 2. The maximum atomic E-state index is 13.0. The van der Waals surface area contributed by atoms with Crippen LogP contribution in [0.25, 0.3) is 11.4 Å². The van der Waals surface area contributed by atoms with Crippen molar-refractivity contribution in [3.63, 3.8) is 0 Å². The molecule has 0 N–H and O–H groups in total. The molecule has 1 saturated heterocycles. The number of amides is 1. The molecule has 2 aromatic carbocycles. The Morgan fingerprint density at radius 1 is 1.06 bits per heavy atom. The lowest BCUT2D eigenvalue weighted by atomic mass is 10.1. The average molecular weight is 448 g/mol. The van der Waals surface area contributed by atoms with Gasteiger partial charge in [0.2, 0.25) is 5.82 Å². The summed E-state index contributed by atoms with van der Waals surface area (Å²) in [7, 11) is 0. The largest absolute Gasteiger partial charge is 0.471 e. The van der Waals surface area contributed by atoms with Crippen LogP contribution >= 0.6 is 11.8 Å². The Labute approximate surface area is 181 Å². The van der Waals surface area contributed by atoms with E-state index in [1.807, 2.05) is 12.3 Å². The molecular formula is C21H19F3N4O2S. The summed E-state index contributed by atoms with van der Waals surface area (Å²) in [5.74, 6) is -1.81. The minimum Gasteiger partial charge on any atom is -0.368 e. The summed E-state index contributed by atoms with van der Waals surface area (Å²) in [5, 5.41) is 3.38. The molecule has 0 unspecified atom stereocenters. The van der Waals surface area contributed by atoms with Gasteiger partial charge in [-0.25, -0.2) is 0 Å². The molecule has 0 atom stereocenters. The molecule has 2 heterocycles. The SMILES string of the molecule is CSc1cccc(N2CCN(C(=O)c3cccc(-c4noc(C(F)(F)F)n4)c3)CC2)c1. The molecule has 1 fully saturated rings. The smallest absolute Gasteiger partial charge is 0.368 e. The minimum atomic E-state index is -4.71. The Kier molecular flexibility index (Phi) is 5.90. The van der Waals surface area contributed by atoms with E-state index < -0.39 is 12.1 Å². The Balaban J connectivity index is 1.44. The average Bonchev–Trinajstić information content (AvgIpc) is 3.30. The first-order chi connectivity index (χ1) is 14.8. The first-order valence-corrected chi connectivity index (χ1v) is 10.8. The molecule has 0 radical (unpaired) electrons. The van der Waals surface area contributed by atoms with E-state index in [0.717, 1.165) is 5.69 Å². The zero-order valence-corrected chi connectivity index (χ0v) is 17.4. The van der Waals surface area contributed by atoms with Crippen LogP contribution in [0.4, 0.5) is 18.9 Å². The Morgan fingerprint density at radius 2 is 1.81 bits per heavy atom. The zero-order valence-electron chi connectivity index (χ0n) is 16.6. The molecule has 0 saturated carbocycles. The predicted molar refractivity (Wildman–Crippen MR) is 111 cm³/mol. The van der Waals surface area contributed by atoms with Gasteiger partial charge in [0.05, 0.1) is 0 Å². The summed E-state index contributed by atoms with van der Waals surface area (Å²) in [6.45, 7) is 2.49. The third-order valence-electron chi connectivity index (χ3n) is 5.02. The van der Waals surface area contributed by atoms with Gasteiger partial charge in [-0.15, -0.1) is 11.8 Å². The number of thioether (sulfide) groups is 1. The van der Waals surface area contributed by atoms with Crippen LogP contribution in [0.2, 0.25) is 0 Å². The highest BCUT2D eigenvalue weighted by Gasteiger charge is 2.38. The molecule has 162 valence electrons. The molecule has 4 rings (SSSR count). The monoisotopic (exact) mass is 448 g/mol. The van der Waals surface area contributed by atoms with Crippen molar-refractivity contribution < 1.29 is 22.5 Å². The van der Waals surface area contributed by atoms with Crippen LogP contribution in [0, 0.1) is 0 Å². The van der Waals surface area contributed by atoms with Crippen molar-refractivity contribution in [2.45, 2.75) is 11.1 Å². The highest BCUT2D eigenvalue weighted by molar-refractivity contribution is 7.98. The van der Waals surface area contributed by atoms with Crippen LogP contribution < -0.4 is 4.90 Å². The summed E-state index contributed by atoms with van der Waals surface area (Å²) in [5.41, 5.74) is 1.78. The molecule has 6 nitrogen and oxygen atoms in total. The first-order valence-electron chi connectivity index (χ1n) is 9.55. The molecule has 1 aliphatic rings. The maximum absolute atomic E-state index is 13.0. The fourth-order valence-corrected chi connectivity index (χ4v) is 3.86. The van der Waals surface area contributed by atoms with E-state index in [1.165, 1.54) is 11.0 Å². The number of carbonyl (C=O) groups excluding carboxylic acids is 1. The highest BCUT2D eigenvalue weighted by Crippen LogP contribution is 2.30. The van der Waals surface area contributed by atoms with Gasteiger partial charge in [-0.05, 0) is 36.6 Å². The predicted octanol–water partition coefficient (Wildman–Crippen LogP) is 4.44. The minimum absolute atomic E-state index is 0.182. The van der Waals surface area contributed by atoms with E-state index >= 15 is 0 Å². The van der Waals surface area contributed by atoms with Crippen molar-refractivity contribution >= 4 is 23.4 Å². The number of hydrogen-bond donors (Lipinski definition) is 0. The van der Waals surface area contributed by atoms with Gasteiger partial charge in [0.1, 0.15) is 0 Å². The van der Waals surface area contributed by atoms with Gasteiger partial charge in [0.25, 0.3) is 5.91 Å². The molecule has 3 aromatic rings. The second-order valence-electron chi connectivity index (χ2n) is 6.98. The number of anilines is 1. The third kappa shape index (κ3) is 4.68. The third-order valence-corrected chi connectivity index (χ3v) is 5.75. The standard InChI is InChI=1S/C21H19F3N4O2S/c1-31-17-7-3-6-16(13-17)27-8-10-28(11-9-27)19(29)15-5-2-4-14(12-15)18-25-20(30-26-18)21(22,23)24/h2-7,12-13H,8-11H2,1H3. The van der Waals surface area contributed by atoms with Crippen LogP contribution in [0.3, 0.4) is 0 Å². The zero-order chi connectivity index (χ0) is 22.0. The van der Waals surface area contributed by atoms with Crippen LogP contribution in [0.15, 0.2) is 57.9 Å². The Morgan fingerprint density at radius 3 is 2.48 bits per heavy atom. The number of halogens is 3. The quantitative estimate of drug-likeness (QED) is 0.550. The first kappa shape index (κ1) is 21.2. The van der Waals surface area contributed by atoms with E-state index in [2.05, 4.69) is 37.8 Å². The van der Waals surface area contributed by atoms with Crippen molar-refractivity contribution in [3.05, 3.63) is 60.0 Å². The van der Waals surface area contributed by atoms with Crippen molar-refractivity contribution in [1.29, 1.82) is 0 Å². The lowest BCUT2D eigenvalue weighted by Crippen LogP contribution is -2.48. The lowest BCUT2D eigenvalue weighted by Gasteiger charge is -2.36. The lowest BCUT2D eigenvalue weighted by molar-refractivity contribution is -0.159. The molecule has 1 amide bonds. The van der Waals surface area contributed by atoms with Gasteiger partial charge >= 0.3 is 12.1 Å². The van der Waals surface area contributed by atoms with E-state index in [4.69, 9.17) is 0 Å². The molecule has 10 heteroatoms. The van der Waals surface area contributed by atoms with Gasteiger partial charge in [-0.1, -0.05) is 23.4 Å². The maximum Gasteiger partial charge on any atom is 0.471 e. The highest BCUT2D eigenvalue weighted by atomic mass is 32.2. The Bertz CT molecular complexity index is 1080. The van der Waals surface area contributed by atoms with E-state index in [9.17, 15) is 18.0 Å². The van der Waals surface area contributed by atoms with E-state index in [1.54, 1.807) is 34.9 Å². The number of hydrogen-bond acceptors (Lipinski definition) is 6. The van der Waals surface area contributed by atoms with Gasteiger partial charge in [0.15, 0.2) is 0 Å². The summed E-state index contributed by atoms with van der Waals surface area (Å²) in [4.78, 5) is 21.5. The second-order valence-corrected chi connectivity index (χ2v) is 7.86. The summed E-state index contributed by atoms with van der Waals surface area (Å²) in [6, 6.07) is 14.5. The number of nitrogens with zero attached hydrogens (tertiary/aromatic N) is 4. The number of rotatable bonds is 4. The van der Waals surface area contributed by atoms with Crippen molar-refractivity contribution in [2.24, 2.45) is 0 Å². The van der Waals surface area contributed by atoms with Gasteiger partial charge in [-0.3, -0.25) is 4.79 Å². The normalized spacial score (nSPS) is 14.7. The molecule has 1 aromatic heterocycles. The van der Waals surface area contributed by atoms with Crippen LogP contribution in [-0.4, -0.2) is 53.4 Å². The van der Waals surface area contributed by atoms with Crippen molar-refractivity contribution in [2.75, 3.05) is 37.3 Å². The molecule has 0 aliphatic carbocycles. The fraction of sp³-hybridized carbons (Fsp3) is 0.286. The van der Waals surface area contributed by atoms with Crippen molar-refractivity contribution in [1.82, 2.24) is 15.0 Å². The molecule has 0 spiro atoms. The number of aromatic nitrogens is 2. The van der Waals surface area contributed by atoms with Crippen LogP contribution in [-0.2, 0) is 6.18 Å². The van der Waals surface area contributed by atoms with Crippen molar-refractivity contribution in [3.8, 4) is 11.4 Å². The molecule has 1 aliphatic heterocycles. The summed E-state index contributed by atoms with van der Waals surface area (Å²) >= 11 is 1.68. The second kappa shape index (κ2) is 8.62. The number of carbonyl (C=O) groups is 1. The number of piperazine rings is 1. The molecular weight excluding hydrogens is 429 g/mol.